The maximum Gasteiger partial charge on any atom is 0.418 e. The lowest BCUT2D eigenvalue weighted by molar-refractivity contribution is -0.139. The van der Waals surface area contributed by atoms with Gasteiger partial charge in [-0.2, -0.15) is 26.3 Å². The number of hydrogen-bond acceptors (Lipinski definition) is 3. The lowest BCUT2D eigenvalue weighted by Crippen LogP contribution is -2.42. The molecule has 0 radical (unpaired) electrons. The van der Waals surface area contributed by atoms with Gasteiger partial charge in [0.1, 0.15) is 0 Å². The highest BCUT2D eigenvalue weighted by Gasteiger charge is 2.37. The van der Waals surface area contributed by atoms with Gasteiger partial charge in [0.25, 0.3) is 5.91 Å². The zero-order valence-electron chi connectivity index (χ0n) is 16.5. The molecule has 1 aromatic heterocycles. The first-order chi connectivity index (χ1) is 15.5. The van der Waals surface area contributed by atoms with Gasteiger partial charge in [0.2, 0.25) is 0 Å². The Kier molecular flexibility index (Phi) is 6.70. The minimum Gasteiger partial charge on any atom is -0.325 e. The van der Waals surface area contributed by atoms with Gasteiger partial charge in [0.05, 0.1) is 22.9 Å². The van der Waals surface area contributed by atoms with E-state index in [4.69, 9.17) is 0 Å². The predicted octanol–water partition coefficient (Wildman–Crippen LogP) is 5.35. The second-order valence-electron chi connectivity index (χ2n) is 6.78. The summed E-state index contributed by atoms with van der Waals surface area (Å²) < 4.78 is 79.3. The van der Waals surface area contributed by atoms with Crippen LogP contribution < -0.4 is 10.6 Å². The topological polar surface area (TPSA) is 71.1 Å². The molecule has 0 unspecified atom stereocenters. The van der Waals surface area contributed by atoms with Crippen molar-refractivity contribution in [1.82, 2.24) is 15.6 Å². The molecule has 33 heavy (non-hydrogen) atoms. The first-order valence-corrected chi connectivity index (χ1v) is 9.33. The number of benzene rings is 2. The van der Waals surface area contributed by atoms with Crippen LogP contribution in [-0.2, 0) is 12.4 Å². The van der Waals surface area contributed by atoms with Crippen molar-refractivity contribution in [3.8, 4) is 0 Å². The molecule has 2 N–H and O–H groups in total. The summed E-state index contributed by atoms with van der Waals surface area (Å²) in [5, 5.41) is 4.19. The summed E-state index contributed by atoms with van der Waals surface area (Å²) in [7, 11) is 0. The molecular weight excluding hydrogens is 452 g/mol. The second-order valence-corrected chi connectivity index (χ2v) is 6.78. The molecule has 0 saturated carbocycles. The van der Waals surface area contributed by atoms with E-state index in [1.54, 1.807) is 18.2 Å². The highest BCUT2D eigenvalue weighted by atomic mass is 19.4. The molecule has 1 atom stereocenters. The molecule has 0 saturated heterocycles. The molecule has 3 amide bonds. The average molecular weight is 467 g/mol. The molecule has 3 aromatic rings. The van der Waals surface area contributed by atoms with Gasteiger partial charge in [-0.25, -0.2) is 4.79 Å². The molecule has 0 aliphatic heterocycles. The molecule has 0 bridgehead atoms. The van der Waals surface area contributed by atoms with Crippen LogP contribution in [0.15, 0.2) is 72.9 Å². The molecule has 0 fully saturated rings. The number of aromatic nitrogens is 1. The quantitative estimate of drug-likeness (QED) is 0.509. The van der Waals surface area contributed by atoms with Gasteiger partial charge in [-0.3, -0.25) is 15.1 Å². The summed E-state index contributed by atoms with van der Waals surface area (Å²) in [5.41, 5.74) is -2.84. The lowest BCUT2D eigenvalue weighted by Gasteiger charge is -2.22. The van der Waals surface area contributed by atoms with Crippen LogP contribution in [0.4, 0.5) is 31.1 Å². The first kappa shape index (κ1) is 23.8. The van der Waals surface area contributed by atoms with Crippen molar-refractivity contribution < 1.29 is 35.9 Å². The largest absolute Gasteiger partial charge is 0.418 e. The highest BCUT2D eigenvalue weighted by Crippen LogP contribution is 2.36. The molecule has 0 aliphatic rings. The Balaban J connectivity index is 1.96. The highest BCUT2D eigenvalue weighted by molar-refractivity contribution is 6.04. The normalized spacial score (nSPS) is 12.7. The summed E-state index contributed by atoms with van der Waals surface area (Å²) >= 11 is 0. The fraction of sp³-hybridized carbons (Fsp3) is 0.136. The summed E-state index contributed by atoms with van der Waals surface area (Å²) in [6.07, 6.45) is -8.47. The third-order valence-corrected chi connectivity index (χ3v) is 4.53. The summed E-state index contributed by atoms with van der Waals surface area (Å²) in [4.78, 5) is 28.4. The molecule has 172 valence electrons. The molecule has 0 spiro atoms. The molecule has 2 aromatic carbocycles. The zero-order chi connectivity index (χ0) is 24.2. The van der Waals surface area contributed by atoms with Crippen molar-refractivity contribution >= 4 is 11.9 Å². The fourth-order valence-electron chi connectivity index (χ4n) is 2.99. The van der Waals surface area contributed by atoms with E-state index in [9.17, 15) is 35.9 Å². The number of imide groups is 1. The van der Waals surface area contributed by atoms with Crippen molar-refractivity contribution in [2.24, 2.45) is 0 Å². The van der Waals surface area contributed by atoms with Crippen molar-refractivity contribution in [2.45, 2.75) is 18.4 Å². The van der Waals surface area contributed by atoms with Gasteiger partial charge in [0, 0.05) is 11.8 Å². The number of nitrogens with zero attached hydrogens (tertiary/aromatic N) is 1. The predicted molar refractivity (Wildman–Crippen MR) is 105 cm³/mol. The van der Waals surface area contributed by atoms with Crippen LogP contribution >= 0.6 is 0 Å². The van der Waals surface area contributed by atoms with Gasteiger partial charge in [0.15, 0.2) is 0 Å². The SMILES string of the molecule is O=C(NC(=O)c1ccccc1)N[C@@H](c1ccc(C(F)(F)F)cc1)c1ncccc1C(F)(F)F. The van der Waals surface area contributed by atoms with Gasteiger partial charge >= 0.3 is 18.4 Å². The van der Waals surface area contributed by atoms with Crippen molar-refractivity contribution in [2.75, 3.05) is 0 Å². The van der Waals surface area contributed by atoms with E-state index in [2.05, 4.69) is 10.3 Å². The number of halogens is 6. The minimum absolute atomic E-state index is 0.102. The Morgan fingerprint density at radius 1 is 0.788 bits per heavy atom. The van der Waals surface area contributed by atoms with Crippen LogP contribution in [-0.4, -0.2) is 16.9 Å². The van der Waals surface area contributed by atoms with E-state index in [-0.39, 0.29) is 11.1 Å². The van der Waals surface area contributed by atoms with Gasteiger partial charge in [-0.05, 0) is 42.0 Å². The Labute approximate surface area is 183 Å². The van der Waals surface area contributed by atoms with Crippen molar-refractivity contribution in [1.29, 1.82) is 0 Å². The maximum atomic E-state index is 13.5. The van der Waals surface area contributed by atoms with E-state index >= 15 is 0 Å². The molecule has 3 rings (SSSR count). The van der Waals surface area contributed by atoms with E-state index in [0.717, 1.165) is 30.5 Å². The number of hydrogen-bond donors (Lipinski definition) is 2. The van der Waals surface area contributed by atoms with Crippen molar-refractivity contribution in [3.05, 3.63) is 101 Å². The second kappa shape index (κ2) is 9.31. The summed E-state index contributed by atoms with van der Waals surface area (Å²) in [6.45, 7) is 0. The van der Waals surface area contributed by atoms with Gasteiger partial charge in [-0.1, -0.05) is 30.3 Å². The standard InChI is InChI=1S/C22H15F6N3O2/c23-21(24,25)15-10-8-13(9-11-15)17(18-16(22(26,27)28)7-4-12-29-18)30-20(33)31-19(32)14-5-2-1-3-6-14/h1-12,17H,(H2,30,31,32,33)/t17-/m0/s1. The number of rotatable bonds is 4. The third kappa shape index (κ3) is 5.88. The number of carbonyl (C=O) groups is 2. The van der Waals surface area contributed by atoms with E-state index < -0.39 is 47.2 Å². The Bertz CT molecular complexity index is 1130. The van der Waals surface area contributed by atoms with Crippen LogP contribution in [0.25, 0.3) is 0 Å². The lowest BCUT2D eigenvalue weighted by atomic mass is 9.98. The van der Waals surface area contributed by atoms with Crippen LogP contribution in [0.2, 0.25) is 0 Å². The van der Waals surface area contributed by atoms with Crippen LogP contribution in [0.3, 0.4) is 0 Å². The van der Waals surface area contributed by atoms with Crippen LogP contribution in [0.5, 0.6) is 0 Å². The number of nitrogens with one attached hydrogen (secondary N) is 2. The minimum atomic E-state index is -4.86. The Morgan fingerprint density at radius 2 is 1.42 bits per heavy atom. The third-order valence-electron chi connectivity index (χ3n) is 4.53. The van der Waals surface area contributed by atoms with Crippen molar-refractivity contribution in [3.63, 3.8) is 0 Å². The monoisotopic (exact) mass is 467 g/mol. The molecule has 0 aliphatic carbocycles. The van der Waals surface area contributed by atoms with E-state index in [1.165, 1.54) is 12.1 Å². The molecular formula is C22H15F6N3O2. The number of amides is 3. The van der Waals surface area contributed by atoms with Crippen LogP contribution in [0, 0.1) is 0 Å². The average Bonchev–Trinajstić information content (AvgIpc) is 2.77. The molecule has 1 heterocycles. The number of urea groups is 1. The summed E-state index contributed by atoms with van der Waals surface area (Å²) in [5.74, 6) is -0.823. The fourth-order valence-corrected chi connectivity index (χ4v) is 2.99. The van der Waals surface area contributed by atoms with E-state index in [1.807, 2.05) is 5.32 Å². The number of pyridine rings is 1. The first-order valence-electron chi connectivity index (χ1n) is 9.33. The molecule has 5 nitrogen and oxygen atoms in total. The van der Waals surface area contributed by atoms with Crippen LogP contribution in [0.1, 0.15) is 38.8 Å². The van der Waals surface area contributed by atoms with Gasteiger partial charge < -0.3 is 5.32 Å². The summed E-state index contributed by atoms with van der Waals surface area (Å²) in [6, 6.07) is 9.76. The molecule has 11 heteroatoms. The Hall–Kier alpha value is -3.89. The van der Waals surface area contributed by atoms with Gasteiger partial charge in [-0.15, -0.1) is 0 Å². The Morgan fingerprint density at radius 3 is 2.00 bits per heavy atom. The number of carbonyl (C=O) groups excluding carboxylic acids is 2. The smallest absolute Gasteiger partial charge is 0.325 e. The maximum absolute atomic E-state index is 13.5. The number of alkyl halides is 6. The zero-order valence-corrected chi connectivity index (χ0v) is 16.5. The van der Waals surface area contributed by atoms with E-state index in [0.29, 0.717) is 12.1 Å².